The van der Waals surface area contributed by atoms with E-state index in [0.717, 1.165) is 0 Å². The standard InChI is InChI=1S/C9H15N3O2/c1-6(2)3-7(9(13)14)12-4-8(10)11-5-12/h4-7H,3,10H2,1-2H3,(H,13,14)/t7-/m1/s1. The predicted molar refractivity (Wildman–Crippen MR) is 52.8 cm³/mol. The van der Waals surface area contributed by atoms with Crippen LogP contribution in [-0.4, -0.2) is 20.6 Å². The maximum Gasteiger partial charge on any atom is 0.326 e. The number of carbonyl (C=O) groups is 1. The molecular weight excluding hydrogens is 182 g/mol. The van der Waals surface area contributed by atoms with Crippen LogP contribution in [0.1, 0.15) is 26.3 Å². The Hall–Kier alpha value is -1.52. The molecule has 0 bridgehead atoms. The first kappa shape index (κ1) is 10.6. The lowest BCUT2D eigenvalue weighted by Gasteiger charge is -2.15. The maximum atomic E-state index is 11.0. The molecule has 0 aliphatic carbocycles. The highest BCUT2D eigenvalue weighted by molar-refractivity contribution is 5.71. The molecule has 0 unspecified atom stereocenters. The number of anilines is 1. The van der Waals surface area contributed by atoms with E-state index in [2.05, 4.69) is 4.98 Å². The van der Waals surface area contributed by atoms with Crippen molar-refractivity contribution in [1.29, 1.82) is 0 Å². The molecule has 3 N–H and O–H groups in total. The van der Waals surface area contributed by atoms with Crippen molar-refractivity contribution >= 4 is 11.8 Å². The van der Waals surface area contributed by atoms with E-state index in [9.17, 15) is 4.79 Å². The number of nitrogens with two attached hydrogens (primary N) is 1. The monoisotopic (exact) mass is 197 g/mol. The van der Waals surface area contributed by atoms with Crippen LogP contribution in [0.15, 0.2) is 12.5 Å². The SMILES string of the molecule is CC(C)C[C@H](C(=O)O)n1cnc(N)c1. The Morgan fingerprint density at radius 2 is 2.36 bits per heavy atom. The number of rotatable bonds is 4. The molecule has 0 radical (unpaired) electrons. The average molecular weight is 197 g/mol. The quantitative estimate of drug-likeness (QED) is 0.758. The summed E-state index contributed by atoms with van der Waals surface area (Å²) >= 11 is 0. The van der Waals surface area contributed by atoms with Crippen molar-refractivity contribution < 1.29 is 9.90 Å². The zero-order valence-electron chi connectivity index (χ0n) is 8.34. The molecule has 1 heterocycles. The van der Waals surface area contributed by atoms with Crippen molar-refractivity contribution in [3.05, 3.63) is 12.5 Å². The Labute approximate surface area is 82.6 Å². The molecule has 0 fully saturated rings. The number of hydrogen-bond donors (Lipinski definition) is 2. The Kier molecular flexibility index (Phi) is 3.11. The van der Waals surface area contributed by atoms with Crippen LogP contribution < -0.4 is 5.73 Å². The largest absolute Gasteiger partial charge is 0.480 e. The number of aliphatic carboxylic acids is 1. The Balaban J connectivity index is 2.83. The number of imidazole rings is 1. The van der Waals surface area contributed by atoms with Gasteiger partial charge in [0.1, 0.15) is 11.9 Å². The van der Waals surface area contributed by atoms with Crippen molar-refractivity contribution in [2.75, 3.05) is 5.73 Å². The molecule has 0 saturated heterocycles. The smallest absolute Gasteiger partial charge is 0.326 e. The van der Waals surface area contributed by atoms with E-state index in [1.54, 1.807) is 6.20 Å². The molecule has 0 amide bonds. The molecule has 5 nitrogen and oxygen atoms in total. The fourth-order valence-electron chi connectivity index (χ4n) is 1.32. The first-order chi connectivity index (χ1) is 6.50. The minimum absolute atomic E-state index is 0.319. The van der Waals surface area contributed by atoms with Crippen molar-refractivity contribution in [2.24, 2.45) is 5.92 Å². The van der Waals surface area contributed by atoms with Crippen molar-refractivity contribution in [3.8, 4) is 0 Å². The molecule has 0 aliphatic heterocycles. The van der Waals surface area contributed by atoms with Gasteiger partial charge in [-0.05, 0) is 12.3 Å². The second-order valence-corrected chi connectivity index (χ2v) is 3.73. The zero-order valence-corrected chi connectivity index (χ0v) is 8.34. The van der Waals surface area contributed by atoms with Gasteiger partial charge in [-0.3, -0.25) is 0 Å². The molecule has 1 aromatic rings. The van der Waals surface area contributed by atoms with E-state index in [-0.39, 0.29) is 0 Å². The van der Waals surface area contributed by atoms with E-state index in [0.29, 0.717) is 18.2 Å². The number of nitrogens with zero attached hydrogens (tertiary/aromatic N) is 2. The highest BCUT2D eigenvalue weighted by Gasteiger charge is 2.20. The van der Waals surface area contributed by atoms with Crippen LogP contribution >= 0.6 is 0 Å². The molecule has 78 valence electrons. The van der Waals surface area contributed by atoms with Gasteiger partial charge in [0.2, 0.25) is 0 Å². The van der Waals surface area contributed by atoms with Crippen LogP contribution in [-0.2, 0) is 4.79 Å². The van der Waals surface area contributed by atoms with Gasteiger partial charge in [0, 0.05) is 6.20 Å². The number of nitrogen functional groups attached to an aromatic ring is 1. The molecule has 1 atom stereocenters. The summed E-state index contributed by atoms with van der Waals surface area (Å²) in [5.41, 5.74) is 5.42. The van der Waals surface area contributed by atoms with Gasteiger partial charge in [0.25, 0.3) is 0 Å². The van der Waals surface area contributed by atoms with E-state index < -0.39 is 12.0 Å². The maximum absolute atomic E-state index is 11.0. The van der Waals surface area contributed by atoms with Gasteiger partial charge < -0.3 is 15.4 Å². The molecule has 0 spiro atoms. The number of carboxylic acid groups (broad SMARTS) is 1. The van der Waals surface area contributed by atoms with Crippen molar-refractivity contribution in [1.82, 2.24) is 9.55 Å². The lowest BCUT2D eigenvalue weighted by atomic mass is 10.0. The van der Waals surface area contributed by atoms with E-state index in [1.165, 1.54) is 10.9 Å². The number of carboxylic acids is 1. The summed E-state index contributed by atoms with van der Waals surface area (Å²) in [5, 5.41) is 9.00. The molecule has 14 heavy (non-hydrogen) atoms. The predicted octanol–water partition coefficient (Wildman–Crippen LogP) is 1.14. The van der Waals surface area contributed by atoms with Crippen LogP contribution in [0.25, 0.3) is 0 Å². The average Bonchev–Trinajstić information content (AvgIpc) is 2.46. The van der Waals surface area contributed by atoms with E-state index >= 15 is 0 Å². The van der Waals surface area contributed by atoms with Gasteiger partial charge in [-0.25, -0.2) is 9.78 Å². The van der Waals surface area contributed by atoms with Gasteiger partial charge in [0.15, 0.2) is 0 Å². The molecule has 1 rings (SSSR count). The van der Waals surface area contributed by atoms with Gasteiger partial charge >= 0.3 is 5.97 Å². The molecular formula is C9H15N3O2. The van der Waals surface area contributed by atoms with Gasteiger partial charge in [-0.1, -0.05) is 13.8 Å². The van der Waals surface area contributed by atoms with E-state index in [1.807, 2.05) is 13.8 Å². The minimum Gasteiger partial charge on any atom is -0.480 e. The summed E-state index contributed by atoms with van der Waals surface area (Å²) in [7, 11) is 0. The second kappa shape index (κ2) is 4.13. The Bertz CT molecular complexity index is 320. The number of hydrogen-bond acceptors (Lipinski definition) is 3. The van der Waals surface area contributed by atoms with Crippen LogP contribution in [0.2, 0.25) is 0 Å². The van der Waals surface area contributed by atoms with Crippen LogP contribution in [0.3, 0.4) is 0 Å². The molecule has 5 heteroatoms. The third kappa shape index (κ3) is 2.48. The molecule has 0 aromatic carbocycles. The Morgan fingerprint density at radius 3 is 2.71 bits per heavy atom. The highest BCUT2D eigenvalue weighted by atomic mass is 16.4. The second-order valence-electron chi connectivity index (χ2n) is 3.73. The summed E-state index contributed by atoms with van der Waals surface area (Å²) in [6.45, 7) is 3.96. The topological polar surface area (TPSA) is 81.1 Å². The van der Waals surface area contributed by atoms with Crippen molar-refractivity contribution in [3.63, 3.8) is 0 Å². The van der Waals surface area contributed by atoms with Gasteiger partial charge in [-0.15, -0.1) is 0 Å². The van der Waals surface area contributed by atoms with Gasteiger partial charge in [0.05, 0.1) is 6.33 Å². The van der Waals surface area contributed by atoms with Crippen LogP contribution in [0, 0.1) is 5.92 Å². The van der Waals surface area contributed by atoms with Crippen LogP contribution in [0.5, 0.6) is 0 Å². The fraction of sp³-hybridized carbons (Fsp3) is 0.556. The third-order valence-electron chi connectivity index (χ3n) is 1.96. The summed E-state index contributed by atoms with van der Waals surface area (Å²) < 4.78 is 1.54. The zero-order chi connectivity index (χ0) is 10.7. The molecule has 1 aromatic heterocycles. The summed E-state index contributed by atoms with van der Waals surface area (Å²) in [6, 6.07) is -0.570. The summed E-state index contributed by atoms with van der Waals surface area (Å²) in [5.74, 6) is -0.184. The molecule has 0 saturated carbocycles. The fourth-order valence-corrected chi connectivity index (χ4v) is 1.32. The summed E-state index contributed by atoms with van der Waals surface area (Å²) in [4.78, 5) is 14.8. The normalized spacial score (nSPS) is 13.1. The molecule has 0 aliphatic rings. The first-order valence-electron chi connectivity index (χ1n) is 4.52. The number of aromatic nitrogens is 2. The van der Waals surface area contributed by atoms with Crippen LogP contribution in [0.4, 0.5) is 5.82 Å². The minimum atomic E-state index is -0.851. The van der Waals surface area contributed by atoms with Crippen molar-refractivity contribution in [2.45, 2.75) is 26.3 Å². The van der Waals surface area contributed by atoms with Gasteiger partial charge in [-0.2, -0.15) is 0 Å². The third-order valence-corrected chi connectivity index (χ3v) is 1.96. The first-order valence-corrected chi connectivity index (χ1v) is 4.52. The highest BCUT2D eigenvalue weighted by Crippen LogP contribution is 2.18. The van der Waals surface area contributed by atoms with E-state index in [4.69, 9.17) is 10.8 Å². The lowest BCUT2D eigenvalue weighted by molar-refractivity contribution is -0.141. The summed E-state index contributed by atoms with van der Waals surface area (Å²) in [6.07, 6.45) is 3.57. The Morgan fingerprint density at radius 1 is 1.71 bits per heavy atom. The lowest BCUT2D eigenvalue weighted by Crippen LogP contribution is -2.19.